The molecule has 1 heterocycles. The van der Waals surface area contributed by atoms with Crippen LogP contribution in [0.5, 0.6) is 5.75 Å². The van der Waals surface area contributed by atoms with Gasteiger partial charge in [-0.1, -0.05) is 13.8 Å². The lowest BCUT2D eigenvalue weighted by atomic mass is 9.81. The number of hydrogen-bond acceptors (Lipinski definition) is 4. The van der Waals surface area contributed by atoms with Crippen LogP contribution in [-0.4, -0.2) is 38.5 Å². The number of benzene rings is 1. The lowest BCUT2D eigenvalue weighted by molar-refractivity contribution is -0.0522. The van der Waals surface area contributed by atoms with Crippen molar-refractivity contribution in [2.45, 2.75) is 37.8 Å². The zero-order chi connectivity index (χ0) is 17.4. The Kier molecular flexibility index (Phi) is 4.93. The molecule has 1 atom stereocenters. The quantitative estimate of drug-likeness (QED) is 0.901. The molecule has 130 valence electrons. The molecule has 0 aromatic heterocycles. The van der Waals surface area contributed by atoms with E-state index in [-0.39, 0.29) is 24.0 Å². The van der Waals surface area contributed by atoms with Crippen molar-refractivity contribution in [2.24, 2.45) is 11.1 Å². The Morgan fingerprint density at radius 2 is 2.04 bits per heavy atom. The third-order valence-electron chi connectivity index (χ3n) is 4.03. The van der Waals surface area contributed by atoms with Gasteiger partial charge in [0.05, 0.1) is 4.90 Å². The van der Waals surface area contributed by atoms with Gasteiger partial charge in [0.1, 0.15) is 0 Å². The second-order valence-electron chi connectivity index (χ2n) is 6.19. The summed E-state index contributed by atoms with van der Waals surface area (Å²) in [5.41, 5.74) is 5.56. The Morgan fingerprint density at radius 3 is 2.57 bits per heavy atom. The SMILES string of the molecule is CC1(C)CN(S(=O)(=O)c2ccc(OC(F)F)c(F)c2)CCC1N. The van der Waals surface area contributed by atoms with Crippen LogP contribution in [0.15, 0.2) is 23.1 Å². The van der Waals surface area contributed by atoms with E-state index in [1.165, 1.54) is 4.31 Å². The summed E-state index contributed by atoms with van der Waals surface area (Å²) in [5, 5.41) is 0. The monoisotopic (exact) mass is 352 g/mol. The van der Waals surface area contributed by atoms with Gasteiger partial charge in [0.15, 0.2) is 11.6 Å². The molecule has 5 nitrogen and oxygen atoms in total. The highest BCUT2D eigenvalue weighted by molar-refractivity contribution is 7.89. The van der Waals surface area contributed by atoms with Crippen LogP contribution in [0.3, 0.4) is 0 Å². The largest absolute Gasteiger partial charge is 0.432 e. The highest BCUT2D eigenvalue weighted by Crippen LogP contribution is 2.32. The van der Waals surface area contributed by atoms with Crippen molar-refractivity contribution < 1.29 is 26.3 Å². The topological polar surface area (TPSA) is 72.6 Å². The molecule has 1 aromatic carbocycles. The van der Waals surface area contributed by atoms with E-state index < -0.39 is 33.6 Å². The van der Waals surface area contributed by atoms with Crippen LogP contribution in [0.4, 0.5) is 13.2 Å². The van der Waals surface area contributed by atoms with Crippen LogP contribution >= 0.6 is 0 Å². The second-order valence-corrected chi connectivity index (χ2v) is 8.13. The molecule has 1 aliphatic heterocycles. The minimum Gasteiger partial charge on any atom is -0.432 e. The molecule has 0 radical (unpaired) electrons. The number of sulfonamides is 1. The average molecular weight is 352 g/mol. The van der Waals surface area contributed by atoms with Gasteiger partial charge in [0.2, 0.25) is 10.0 Å². The maximum atomic E-state index is 13.8. The van der Waals surface area contributed by atoms with E-state index in [1.54, 1.807) is 0 Å². The number of hydrogen-bond donors (Lipinski definition) is 1. The molecular weight excluding hydrogens is 333 g/mol. The molecule has 9 heteroatoms. The standard InChI is InChI=1S/C14H19F3N2O3S/c1-14(2)8-19(6-5-12(14)18)23(20,21)9-3-4-11(10(15)7-9)22-13(16)17/h3-4,7,12-13H,5-6,8,18H2,1-2H3. The molecule has 0 amide bonds. The Hall–Kier alpha value is -1.32. The molecule has 0 bridgehead atoms. The smallest absolute Gasteiger partial charge is 0.387 e. The van der Waals surface area contributed by atoms with E-state index in [2.05, 4.69) is 4.74 Å². The van der Waals surface area contributed by atoms with Gasteiger partial charge < -0.3 is 10.5 Å². The second kappa shape index (κ2) is 6.29. The van der Waals surface area contributed by atoms with E-state index in [0.29, 0.717) is 12.5 Å². The first-order chi connectivity index (χ1) is 10.5. The van der Waals surface area contributed by atoms with E-state index in [9.17, 15) is 21.6 Å². The molecule has 0 spiro atoms. The van der Waals surface area contributed by atoms with Gasteiger partial charge in [-0.05, 0) is 30.0 Å². The fraction of sp³-hybridized carbons (Fsp3) is 0.571. The molecular formula is C14H19F3N2O3S. The fourth-order valence-corrected chi connectivity index (χ4v) is 4.15. The molecule has 2 rings (SSSR count). The Bertz CT molecular complexity index is 680. The first-order valence-corrected chi connectivity index (χ1v) is 8.48. The number of alkyl halides is 2. The van der Waals surface area contributed by atoms with Crippen molar-refractivity contribution >= 4 is 10.0 Å². The van der Waals surface area contributed by atoms with Crippen LogP contribution in [0.2, 0.25) is 0 Å². The summed E-state index contributed by atoms with van der Waals surface area (Å²) in [4.78, 5) is -0.303. The molecule has 0 aliphatic carbocycles. The van der Waals surface area contributed by atoms with E-state index in [0.717, 1.165) is 12.1 Å². The van der Waals surface area contributed by atoms with Gasteiger partial charge in [0.25, 0.3) is 0 Å². The number of halogens is 3. The van der Waals surface area contributed by atoms with Crippen molar-refractivity contribution in [1.29, 1.82) is 0 Å². The van der Waals surface area contributed by atoms with Crippen molar-refractivity contribution in [2.75, 3.05) is 13.1 Å². The van der Waals surface area contributed by atoms with Crippen LogP contribution in [0.25, 0.3) is 0 Å². The summed E-state index contributed by atoms with van der Waals surface area (Å²) in [5.74, 6) is -1.85. The molecule has 1 saturated heterocycles. The van der Waals surface area contributed by atoms with E-state index >= 15 is 0 Å². The summed E-state index contributed by atoms with van der Waals surface area (Å²) < 4.78 is 68.4. The van der Waals surface area contributed by atoms with E-state index in [1.807, 2.05) is 13.8 Å². The van der Waals surface area contributed by atoms with Crippen molar-refractivity contribution in [3.63, 3.8) is 0 Å². The summed E-state index contributed by atoms with van der Waals surface area (Å²) in [6.07, 6.45) is 0.487. The van der Waals surface area contributed by atoms with Crippen LogP contribution in [-0.2, 0) is 10.0 Å². The highest BCUT2D eigenvalue weighted by Gasteiger charge is 2.39. The number of rotatable bonds is 4. The third kappa shape index (κ3) is 3.78. The number of ether oxygens (including phenoxy) is 1. The lowest BCUT2D eigenvalue weighted by Gasteiger charge is -2.41. The van der Waals surface area contributed by atoms with Gasteiger partial charge in [-0.3, -0.25) is 0 Å². The molecule has 0 saturated carbocycles. The van der Waals surface area contributed by atoms with Crippen molar-refractivity contribution in [3.8, 4) is 5.75 Å². The minimum absolute atomic E-state index is 0.132. The zero-order valence-corrected chi connectivity index (χ0v) is 13.6. The summed E-state index contributed by atoms with van der Waals surface area (Å²) >= 11 is 0. The number of nitrogens with two attached hydrogens (primary N) is 1. The predicted octanol–water partition coefficient (Wildman–Crippen LogP) is 2.18. The molecule has 2 N–H and O–H groups in total. The van der Waals surface area contributed by atoms with Gasteiger partial charge in [-0.2, -0.15) is 13.1 Å². The normalized spacial score (nSPS) is 22.3. The third-order valence-corrected chi connectivity index (χ3v) is 5.88. The lowest BCUT2D eigenvalue weighted by Crippen LogP contribution is -2.53. The summed E-state index contributed by atoms with van der Waals surface area (Å²) in [7, 11) is -3.93. The number of piperidine rings is 1. The van der Waals surface area contributed by atoms with Crippen molar-refractivity contribution in [3.05, 3.63) is 24.0 Å². The maximum absolute atomic E-state index is 13.8. The van der Waals surface area contributed by atoms with Crippen molar-refractivity contribution in [1.82, 2.24) is 4.31 Å². The van der Waals surface area contributed by atoms with Gasteiger partial charge in [-0.25, -0.2) is 12.8 Å². The van der Waals surface area contributed by atoms with Gasteiger partial charge in [0, 0.05) is 19.1 Å². The Balaban J connectivity index is 2.28. The Morgan fingerprint density at radius 1 is 1.39 bits per heavy atom. The predicted molar refractivity (Wildman–Crippen MR) is 78.2 cm³/mol. The molecule has 23 heavy (non-hydrogen) atoms. The van der Waals surface area contributed by atoms with Gasteiger partial charge >= 0.3 is 6.61 Å². The molecule has 1 aliphatic rings. The average Bonchev–Trinajstić information content (AvgIpc) is 2.43. The van der Waals surface area contributed by atoms with Crippen LogP contribution in [0, 0.1) is 11.2 Å². The van der Waals surface area contributed by atoms with E-state index in [4.69, 9.17) is 5.73 Å². The number of nitrogens with zero attached hydrogens (tertiary/aromatic N) is 1. The van der Waals surface area contributed by atoms with Gasteiger partial charge in [-0.15, -0.1) is 0 Å². The molecule has 1 fully saturated rings. The maximum Gasteiger partial charge on any atom is 0.387 e. The summed E-state index contributed by atoms with van der Waals surface area (Å²) in [6.45, 7) is 0.965. The zero-order valence-electron chi connectivity index (χ0n) is 12.8. The molecule has 1 unspecified atom stereocenters. The first kappa shape index (κ1) is 18.0. The van der Waals surface area contributed by atoms with Crippen LogP contribution < -0.4 is 10.5 Å². The minimum atomic E-state index is -3.93. The Labute approximate surface area is 133 Å². The fourth-order valence-electron chi connectivity index (χ4n) is 2.51. The molecule has 1 aromatic rings. The summed E-state index contributed by atoms with van der Waals surface area (Å²) in [6, 6.07) is 2.49. The van der Waals surface area contributed by atoms with Crippen LogP contribution in [0.1, 0.15) is 20.3 Å². The highest BCUT2D eigenvalue weighted by atomic mass is 32.2. The first-order valence-electron chi connectivity index (χ1n) is 7.04.